The molecule has 0 atom stereocenters. The number of nitrogens with zero attached hydrogens (tertiary/aromatic N) is 3. The fraction of sp³-hybridized carbons (Fsp3) is 0.750. The molecule has 1 aromatic rings. The number of hydrogen-bond donors (Lipinski definition) is 0. The lowest BCUT2D eigenvalue weighted by Gasteiger charge is -2.08. The van der Waals surface area contributed by atoms with Crippen molar-refractivity contribution in [1.82, 2.24) is 10.1 Å². The first-order valence-corrected chi connectivity index (χ1v) is 4.91. The van der Waals surface area contributed by atoms with Gasteiger partial charge in [-0.05, 0) is 18.5 Å². The molecule has 0 saturated carbocycles. The SMILES string of the molecule is CCN(C)c1noc(CCCCl)n1. The number of alkyl halides is 1. The third kappa shape index (κ3) is 2.88. The minimum atomic E-state index is 0.626. The number of rotatable bonds is 5. The summed E-state index contributed by atoms with van der Waals surface area (Å²) in [5.74, 6) is 1.93. The van der Waals surface area contributed by atoms with Gasteiger partial charge in [0.1, 0.15) is 0 Å². The molecule has 0 N–H and O–H groups in total. The van der Waals surface area contributed by atoms with E-state index in [2.05, 4.69) is 10.1 Å². The Labute approximate surface area is 82.9 Å². The molecule has 1 heterocycles. The molecule has 5 heteroatoms. The third-order valence-electron chi connectivity index (χ3n) is 1.80. The Morgan fingerprint density at radius 1 is 1.54 bits per heavy atom. The molecule has 74 valence electrons. The zero-order valence-corrected chi connectivity index (χ0v) is 8.71. The molecule has 4 nitrogen and oxygen atoms in total. The Bertz CT molecular complexity index is 251. The van der Waals surface area contributed by atoms with Crippen molar-refractivity contribution in [2.45, 2.75) is 19.8 Å². The van der Waals surface area contributed by atoms with Gasteiger partial charge in [0, 0.05) is 25.9 Å². The van der Waals surface area contributed by atoms with Crippen LogP contribution in [0.4, 0.5) is 5.95 Å². The molecule has 1 aromatic heterocycles. The molecule has 0 radical (unpaired) electrons. The van der Waals surface area contributed by atoms with Crippen molar-refractivity contribution < 1.29 is 4.52 Å². The van der Waals surface area contributed by atoms with Crippen LogP contribution in [0, 0.1) is 0 Å². The van der Waals surface area contributed by atoms with Crippen molar-refractivity contribution in [1.29, 1.82) is 0 Å². The second-order valence-electron chi connectivity index (χ2n) is 2.79. The maximum atomic E-state index is 5.55. The Morgan fingerprint density at radius 2 is 2.31 bits per heavy atom. The summed E-state index contributed by atoms with van der Waals surface area (Å²) in [6.07, 6.45) is 1.63. The van der Waals surface area contributed by atoms with E-state index in [9.17, 15) is 0 Å². The normalized spacial score (nSPS) is 10.4. The summed E-state index contributed by atoms with van der Waals surface area (Å²) in [5, 5.41) is 3.84. The summed E-state index contributed by atoms with van der Waals surface area (Å²) in [5.41, 5.74) is 0. The van der Waals surface area contributed by atoms with Crippen LogP contribution in [-0.4, -0.2) is 29.6 Å². The Hall–Kier alpha value is -0.770. The summed E-state index contributed by atoms with van der Waals surface area (Å²) in [7, 11) is 1.93. The summed E-state index contributed by atoms with van der Waals surface area (Å²) in [6, 6.07) is 0. The topological polar surface area (TPSA) is 42.2 Å². The molecule has 0 unspecified atom stereocenters. The highest BCUT2D eigenvalue weighted by Gasteiger charge is 2.07. The van der Waals surface area contributed by atoms with Crippen LogP contribution < -0.4 is 4.90 Å². The highest BCUT2D eigenvalue weighted by atomic mass is 35.5. The molecule has 0 aliphatic carbocycles. The molecule has 0 aliphatic rings. The molecule has 0 bridgehead atoms. The monoisotopic (exact) mass is 203 g/mol. The summed E-state index contributed by atoms with van der Waals surface area (Å²) in [6.45, 7) is 2.91. The average molecular weight is 204 g/mol. The number of halogens is 1. The van der Waals surface area contributed by atoms with Crippen LogP contribution in [0.15, 0.2) is 4.52 Å². The van der Waals surface area contributed by atoms with Crippen LogP contribution in [0.2, 0.25) is 0 Å². The van der Waals surface area contributed by atoms with E-state index in [1.165, 1.54) is 0 Å². The Kier molecular flexibility index (Phi) is 4.02. The van der Waals surface area contributed by atoms with E-state index in [0.29, 0.717) is 17.7 Å². The molecule has 13 heavy (non-hydrogen) atoms. The zero-order valence-electron chi connectivity index (χ0n) is 7.96. The predicted octanol–water partition coefficient (Wildman–Crippen LogP) is 1.70. The first-order valence-electron chi connectivity index (χ1n) is 4.37. The highest BCUT2D eigenvalue weighted by Crippen LogP contribution is 2.08. The van der Waals surface area contributed by atoms with E-state index in [0.717, 1.165) is 19.4 Å². The van der Waals surface area contributed by atoms with Gasteiger partial charge in [0.2, 0.25) is 5.89 Å². The van der Waals surface area contributed by atoms with Gasteiger partial charge in [-0.2, -0.15) is 4.98 Å². The summed E-state index contributed by atoms with van der Waals surface area (Å²) < 4.78 is 5.03. The summed E-state index contributed by atoms with van der Waals surface area (Å²) in [4.78, 5) is 6.13. The number of hydrogen-bond acceptors (Lipinski definition) is 4. The molecule has 0 aromatic carbocycles. The van der Waals surface area contributed by atoms with Crippen molar-refractivity contribution in [3.05, 3.63) is 5.89 Å². The molecule has 0 fully saturated rings. The van der Waals surface area contributed by atoms with Gasteiger partial charge in [0.05, 0.1) is 0 Å². The minimum absolute atomic E-state index is 0.626. The van der Waals surface area contributed by atoms with Crippen molar-refractivity contribution in [3.8, 4) is 0 Å². The van der Waals surface area contributed by atoms with E-state index < -0.39 is 0 Å². The second kappa shape index (κ2) is 5.07. The van der Waals surface area contributed by atoms with E-state index in [1.807, 2.05) is 18.9 Å². The molecular formula is C8H14ClN3O. The first kappa shape index (κ1) is 10.3. The smallest absolute Gasteiger partial charge is 0.265 e. The van der Waals surface area contributed by atoms with Crippen LogP contribution in [0.25, 0.3) is 0 Å². The predicted molar refractivity (Wildman–Crippen MR) is 52.3 cm³/mol. The Balaban J connectivity index is 2.53. The zero-order chi connectivity index (χ0) is 9.68. The largest absolute Gasteiger partial charge is 0.342 e. The van der Waals surface area contributed by atoms with Crippen molar-refractivity contribution in [2.24, 2.45) is 0 Å². The first-order chi connectivity index (χ1) is 6.27. The number of aryl methyl sites for hydroxylation is 1. The van der Waals surface area contributed by atoms with Gasteiger partial charge >= 0.3 is 0 Å². The minimum Gasteiger partial charge on any atom is -0.342 e. The van der Waals surface area contributed by atoms with Crippen molar-refractivity contribution >= 4 is 17.5 Å². The molecule has 0 spiro atoms. The standard InChI is InChI=1S/C8H14ClN3O/c1-3-12(2)8-10-7(13-11-8)5-4-6-9/h3-6H2,1-2H3. The molecule has 0 saturated heterocycles. The van der Waals surface area contributed by atoms with Crippen molar-refractivity contribution in [3.63, 3.8) is 0 Å². The van der Waals surface area contributed by atoms with Gasteiger partial charge in [-0.25, -0.2) is 0 Å². The summed E-state index contributed by atoms with van der Waals surface area (Å²) >= 11 is 5.55. The number of anilines is 1. The third-order valence-corrected chi connectivity index (χ3v) is 2.06. The maximum Gasteiger partial charge on any atom is 0.265 e. The molecule has 1 rings (SSSR count). The second-order valence-corrected chi connectivity index (χ2v) is 3.17. The van der Waals surface area contributed by atoms with Gasteiger partial charge in [0.15, 0.2) is 0 Å². The fourth-order valence-electron chi connectivity index (χ4n) is 0.862. The average Bonchev–Trinajstić information content (AvgIpc) is 2.62. The van der Waals surface area contributed by atoms with Crippen LogP contribution >= 0.6 is 11.6 Å². The fourth-order valence-corrected chi connectivity index (χ4v) is 0.996. The van der Waals surface area contributed by atoms with Gasteiger partial charge < -0.3 is 9.42 Å². The highest BCUT2D eigenvalue weighted by molar-refractivity contribution is 6.17. The van der Waals surface area contributed by atoms with Crippen LogP contribution in [0.1, 0.15) is 19.2 Å². The van der Waals surface area contributed by atoms with Crippen LogP contribution in [-0.2, 0) is 6.42 Å². The maximum absolute atomic E-state index is 5.55. The number of aromatic nitrogens is 2. The van der Waals surface area contributed by atoms with Gasteiger partial charge in [-0.15, -0.1) is 11.6 Å². The van der Waals surface area contributed by atoms with Gasteiger partial charge in [0.25, 0.3) is 5.95 Å². The molecule has 0 amide bonds. The van der Waals surface area contributed by atoms with E-state index >= 15 is 0 Å². The Morgan fingerprint density at radius 3 is 2.92 bits per heavy atom. The lowest BCUT2D eigenvalue weighted by Crippen LogP contribution is -2.17. The van der Waals surface area contributed by atoms with E-state index in [-0.39, 0.29) is 0 Å². The van der Waals surface area contributed by atoms with Crippen molar-refractivity contribution in [2.75, 3.05) is 24.4 Å². The van der Waals surface area contributed by atoms with E-state index in [1.54, 1.807) is 0 Å². The molecule has 0 aliphatic heterocycles. The van der Waals surface area contributed by atoms with Gasteiger partial charge in [-0.3, -0.25) is 0 Å². The lowest BCUT2D eigenvalue weighted by molar-refractivity contribution is 0.377. The van der Waals surface area contributed by atoms with Gasteiger partial charge in [-0.1, -0.05) is 0 Å². The van der Waals surface area contributed by atoms with Crippen LogP contribution in [0.3, 0.4) is 0 Å². The quantitative estimate of drug-likeness (QED) is 0.684. The van der Waals surface area contributed by atoms with E-state index in [4.69, 9.17) is 16.1 Å². The van der Waals surface area contributed by atoms with Crippen LogP contribution in [0.5, 0.6) is 0 Å². The molecular weight excluding hydrogens is 190 g/mol. The lowest BCUT2D eigenvalue weighted by atomic mass is 10.3.